The summed E-state index contributed by atoms with van der Waals surface area (Å²) in [4.78, 5) is 18.4. The quantitative estimate of drug-likeness (QED) is 0.850. The molecule has 0 fully saturated rings. The summed E-state index contributed by atoms with van der Waals surface area (Å²) in [7, 11) is 2.04. The standard InChI is InChI=1S/C12H13N5S/c1-17-7-8(6-15-12(17)18-2)9-5-10-11(16-9)14-4-3-13-10/h3-6H,7H2,1-2H3,(H,14,16). The lowest BCUT2D eigenvalue weighted by molar-refractivity contribution is 0.577. The van der Waals surface area contributed by atoms with Crippen molar-refractivity contribution in [1.29, 1.82) is 0 Å². The minimum absolute atomic E-state index is 0.815. The zero-order chi connectivity index (χ0) is 12.5. The van der Waals surface area contributed by atoms with Crippen LogP contribution >= 0.6 is 11.8 Å². The van der Waals surface area contributed by atoms with Crippen LogP contribution < -0.4 is 0 Å². The van der Waals surface area contributed by atoms with Gasteiger partial charge < -0.3 is 9.88 Å². The zero-order valence-electron chi connectivity index (χ0n) is 10.2. The highest BCUT2D eigenvalue weighted by Gasteiger charge is 2.15. The van der Waals surface area contributed by atoms with Crippen LogP contribution in [-0.2, 0) is 0 Å². The highest BCUT2D eigenvalue weighted by atomic mass is 32.2. The van der Waals surface area contributed by atoms with Crippen LogP contribution in [0, 0.1) is 0 Å². The van der Waals surface area contributed by atoms with E-state index in [-0.39, 0.29) is 0 Å². The van der Waals surface area contributed by atoms with Crippen molar-refractivity contribution in [3.05, 3.63) is 30.4 Å². The van der Waals surface area contributed by atoms with Gasteiger partial charge in [-0.05, 0) is 12.3 Å². The van der Waals surface area contributed by atoms with Gasteiger partial charge in [0.1, 0.15) is 5.52 Å². The molecule has 2 aromatic heterocycles. The summed E-state index contributed by atoms with van der Waals surface area (Å²) in [6, 6.07) is 2.02. The summed E-state index contributed by atoms with van der Waals surface area (Å²) >= 11 is 1.65. The summed E-state index contributed by atoms with van der Waals surface area (Å²) in [6.45, 7) is 0.840. The van der Waals surface area contributed by atoms with E-state index >= 15 is 0 Å². The molecule has 0 spiro atoms. The molecule has 2 aromatic rings. The van der Waals surface area contributed by atoms with Gasteiger partial charge in [-0.3, -0.25) is 4.98 Å². The van der Waals surface area contributed by atoms with Crippen molar-refractivity contribution in [2.75, 3.05) is 19.8 Å². The molecule has 0 saturated carbocycles. The second-order valence-electron chi connectivity index (χ2n) is 4.10. The summed E-state index contributed by atoms with van der Waals surface area (Å²) in [5.74, 6) is 0. The summed E-state index contributed by atoms with van der Waals surface area (Å²) in [5.41, 5.74) is 3.88. The van der Waals surface area contributed by atoms with E-state index in [1.807, 2.05) is 25.6 Å². The Bertz CT molecular complexity index is 610. The average molecular weight is 259 g/mol. The van der Waals surface area contributed by atoms with Crippen LogP contribution in [-0.4, -0.2) is 44.9 Å². The van der Waals surface area contributed by atoms with Crippen molar-refractivity contribution in [2.24, 2.45) is 4.99 Å². The number of aromatic nitrogens is 3. The first-order valence-corrected chi connectivity index (χ1v) is 6.82. The molecule has 0 amide bonds. The number of likely N-dealkylation sites (N-methyl/N-ethyl adjacent to an activating group) is 1. The topological polar surface area (TPSA) is 57.2 Å². The maximum atomic E-state index is 4.44. The molecule has 1 aliphatic rings. The molecule has 6 heteroatoms. The molecule has 3 rings (SSSR count). The molecule has 1 N–H and O–H groups in total. The second kappa shape index (κ2) is 4.45. The van der Waals surface area contributed by atoms with Crippen LogP contribution in [0.1, 0.15) is 5.69 Å². The highest BCUT2D eigenvalue weighted by Crippen LogP contribution is 2.22. The van der Waals surface area contributed by atoms with Gasteiger partial charge in [-0.25, -0.2) is 9.98 Å². The SMILES string of the molecule is CSC1=NC=C(c2cc3nccnc3[nH]2)CN1C. The number of fused-ring (bicyclic) bond motifs is 1. The van der Waals surface area contributed by atoms with Crippen molar-refractivity contribution >= 4 is 33.7 Å². The predicted molar refractivity (Wildman–Crippen MR) is 75.4 cm³/mol. The smallest absolute Gasteiger partial charge is 0.163 e. The van der Waals surface area contributed by atoms with Gasteiger partial charge in [-0.1, -0.05) is 11.8 Å². The van der Waals surface area contributed by atoms with Gasteiger partial charge in [0.15, 0.2) is 10.8 Å². The third kappa shape index (κ3) is 1.88. The maximum absolute atomic E-state index is 4.44. The Labute approximate surface area is 109 Å². The lowest BCUT2D eigenvalue weighted by atomic mass is 10.2. The van der Waals surface area contributed by atoms with E-state index in [1.165, 1.54) is 0 Å². The molecule has 0 unspecified atom stereocenters. The Hall–Kier alpha value is -1.82. The fraction of sp³-hybridized carbons (Fsp3) is 0.250. The molecule has 5 nitrogen and oxygen atoms in total. The molecule has 0 bridgehead atoms. The summed E-state index contributed by atoms with van der Waals surface area (Å²) in [5, 5.41) is 1.03. The summed E-state index contributed by atoms with van der Waals surface area (Å²) in [6.07, 6.45) is 7.33. The Morgan fingerprint density at radius 2 is 2.17 bits per heavy atom. The molecule has 0 radical (unpaired) electrons. The van der Waals surface area contributed by atoms with E-state index in [2.05, 4.69) is 24.8 Å². The van der Waals surface area contributed by atoms with Gasteiger partial charge in [-0.15, -0.1) is 0 Å². The molecule has 1 aliphatic heterocycles. The molecular weight excluding hydrogens is 246 g/mol. The van der Waals surface area contributed by atoms with Crippen LogP contribution in [0.5, 0.6) is 0 Å². The number of hydrogen-bond donors (Lipinski definition) is 1. The Kier molecular flexibility index (Phi) is 2.79. The Balaban J connectivity index is 2.00. The average Bonchev–Trinajstić information content (AvgIpc) is 2.82. The van der Waals surface area contributed by atoms with E-state index in [4.69, 9.17) is 0 Å². The van der Waals surface area contributed by atoms with Gasteiger partial charge in [-0.2, -0.15) is 0 Å². The maximum Gasteiger partial charge on any atom is 0.163 e. The van der Waals surface area contributed by atoms with Crippen LogP contribution in [0.3, 0.4) is 0 Å². The first-order chi connectivity index (χ1) is 8.78. The van der Waals surface area contributed by atoms with Gasteiger partial charge >= 0.3 is 0 Å². The van der Waals surface area contributed by atoms with E-state index in [1.54, 1.807) is 24.2 Å². The van der Waals surface area contributed by atoms with Crippen molar-refractivity contribution in [1.82, 2.24) is 19.9 Å². The van der Waals surface area contributed by atoms with Crippen LogP contribution in [0.4, 0.5) is 0 Å². The highest BCUT2D eigenvalue weighted by molar-refractivity contribution is 8.13. The number of rotatable bonds is 1. The van der Waals surface area contributed by atoms with Crippen LogP contribution in [0.25, 0.3) is 16.7 Å². The third-order valence-electron chi connectivity index (χ3n) is 2.85. The van der Waals surface area contributed by atoms with Gasteiger partial charge in [0, 0.05) is 43.5 Å². The first kappa shape index (κ1) is 11.3. The van der Waals surface area contributed by atoms with Gasteiger partial charge in [0.05, 0.1) is 0 Å². The number of amidine groups is 1. The predicted octanol–water partition coefficient (Wildman–Crippen LogP) is 1.96. The number of aromatic amines is 1. The Morgan fingerprint density at radius 1 is 1.33 bits per heavy atom. The number of hydrogen-bond acceptors (Lipinski definition) is 5. The van der Waals surface area contributed by atoms with E-state index < -0.39 is 0 Å². The lowest BCUT2D eigenvalue weighted by Gasteiger charge is -2.23. The van der Waals surface area contributed by atoms with Crippen molar-refractivity contribution in [2.45, 2.75) is 0 Å². The number of nitrogens with zero attached hydrogens (tertiary/aromatic N) is 4. The number of thioether (sulfide) groups is 1. The monoisotopic (exact) mass is 259 g/mol. The van der Waals surface area contributed by atoms with Crippen molar-refractivity contribution in [3.63, 3.8) is 0 Å². The minimum Gasteiger partial charge on any atom is -0.350 e. The molecule has 18 heavy (non-hydrogen) atoms. The molecule has 0 atom stereocenters. The lowest BCUT2D eigenvalue weighted by Crippen LogP contribution is -2.28. The van der Waals surface area contributed by atoms with Crippen molar-refractivity contribution in [3.8, 4) is 0 Å². The first-order valence-electron chi connectivity index (χ1n) is 5.60. The van der Waals surface area contributed by atoms with Gasteiger partial charge in [0.2, 0.25) is 0 Å². The third-order valence-corrected chi connectivity index (χ3v) is 3.64. The Morgan fingerprint density at radius 3 is 2.89 bits per heavy atom. The fourth-order valence-corrected chi connectivity index (χ4v) is 2.52. The fourth-order valence-electron chi connectivity index (χ4n) is 1.98. The van der Waals surface area contributed by atoms with E-state index in [0.717, 1.165) is 34.1 Å². The number of aliphatic imine (C=N–C) groups is 1. The second-order valence-corrected chi connectivity index (χ2v) is 4.87. The van der Waals surface area contributed by atoms with E-state index in [9.17, 15) is 0 Å². The van der Waals surface area contributed by atoms with Gasteiger partial charge in [0.25, 0.3) is 0 Å². The largest absolute Gasteiger partial charge is 0.350 e. The van der Waals surface area contributed by atoms with E-state index in [0.29, 0.717) is 0 Å². The molecule has 0 aromatic carbocycles. The molecular formula is C12H13N5S. The molecule has 0 aliphatic carbocycles. The number of nitrogens with one attached hydrogen (secondary N) is 1. The molecule has 0 saturated heterocycles. The minimum atomic E-state index is 0.815. The van der Waals surface area contributed by atoms with Crippen LogP contribution in [0.2, 0.25) is 0 Å². The molecule has 3 heterocycles. The van der Waals surface area contributed by atoms with Crippen molar-refractivity contribution < 1.29 is 0 Å². The zero-order valence-corrected chi connectivity index (χ0v) is 11.0. The van der Waals surface area contributed by atoms with Crippen LogP contribution in [0.15, 0.2) is 29.7 Å². The normalized spacial score (nSPS) is 15.8. The molecule has 92 valence electrons. The number of H-pyrrole nitrogens is 1. The summed E-state index contributed by atoms with van der Waals surface area (Å²) < 4.78 is 0.